The number of hydrogen-bond donors (Lipinski definition) is 0. The first-order valence-corrected chi connectivity index (χ1v) is 9.36. The van der Waals surface area contributed by atoms with Gasteiger partial charge in [0.2, 0.25) is 0 Å². The van der Waals surface area contributed by atoms with Gasteiger partial charge in [0.05, 0.1) is 6.54 Å². The minimum absolute atomic E-state index is 0.334. The molecule has 144 valence electrons. The van der Waals surface area contributed by atoms with Crippen molar-refractivity contribution in [3.05, 3.63) is 90.0 Å². The molecule has 0 fully saturated rings. The monoisotopic (exact) mass is 375 g/mol. The highest BCUT2D eigenvalue weighted by molar-refractivity contribution is 5.66. The van der Waals surface area contributed by atoms with Gasteiger partial charge in [0, 0.05) is 20.4 Å². The minimum Gasteiger partial charge on any atom is -0.492 e. The maximum atomic E-state index is 11.0. The van der Waals surface area contributed by atoms with Crippen LogP contribution in [0.3, 0.4) is 0 Å². The third-order valence-corrected chi connectivity index (χ3v) is 4.35. The van der Waals surface area contributed by atoms with E-state index in [9.17, 15) is 4.79 Å². The maximum Gasteiger partial charge on any atom is 0.322 e. The molecule has 4 heteroatoms. The second-order valence-corrected chi connectivity index (χ2v) is 6.63. The number of likely N-dealkylation sites (N-methyl/N-ethyl adjacent to an activating group) is 1. The molecule has 0 saturated carbocycles. The molecule has 0 radical (unpaired) electrons. The molecule has 28 heavy (non-hydrogen) atoms. The van der Waals surface area contributed by atoms with Crippen molar-refractivity contribution in [1.82, 2.24) is 5.06 Å². The summed E-state index contributed by atoms with van der Waals surface area (Å²) in [5.41, 5.74) is 4.70. The Balaban J connectivity index is 1.78. The molecule has 0 aliphatic carbocycles. The number of carbonyl (C=O) groups excluding carboxylic acids is 1. The molecule has 0 atom stereocenters. The molecule has 0 aromatic heterocycles. The molecule has 4 nitrogen and oxygen atoms in total. The van der Waals surface area contributed by atoms with E-state index in [-0.39, 0.29) is 5.97 Å². The van der Waals surface area contributed by atoms with Crippen LogP contribution in [0.15, 0.2) is 78.9 Å². The lowest BCUT2D eigenvalue weighted by atomic mass is 9.98. The van der Waals surface area contributed by atoms with Gasteiger partial charge in [0.15, 0.2) is 0 Å². The number of rotatable bonds is 8. The van der Waals surface area contributed by atoms with Gasteiger partial charge >= 0.3 is 5.97 Å². The molecule has 0 unspecified atom stereocenters. The van der Waals surface area contributed by atoms with Crippen LogP contribution >= 0.6 is 0 Å². The molecule has 0 N–H and O–H groups in total. The number of ether oxygens (including phenoxy) is 1. The highest BCUT2D eigenvalue weighted by atomic mass is 16.7. The van der Waals surface area contributed by atoms with Crippen molar-refractivity contribution in [1.29, 1.82) is 0 Å². The third-order valence-electron chi connectivity index (χ3n) is 4.35. The molecule has 0 aliphatic heterocycles. The summed E-state index contributed by atoms with van der Waals surface area (Å²) in [4.78, 5) is 16.0. The smallest absolute Gasteiger partial charge is 0.322 e. The topological polar surface area (TPSA) is 38.8 Å². The van der Waals surface area contributed by atoms with E-state index < -0.39 is 0 Å². The van der Waals surface area contributed by atoms with E-state index in [4.69, 9.17) is 9.57 Å². The zero-order chi connectivity index (χ0) is 19.8. The first kappa shape index (κ1) is 19.6. The number of carbonyl (C=O) groups is 1. The zero-order valence-electron chi connectivity index (χ0n) is 16.3. The molecule has 0 saturated heterocycles. The first-order valence-electron chi connectivity index (χ1n) is 9.36. The Morgan fingerprint density at radius 3 is 2.25 bits per heavy atom. The summed E-state index contributed by atoms with van der Waals surface area (Å²) in [5, 5.41) is 1.48. The normalized spacial score (nSPS) is 10.7. The summed E-state index contributed by atoms with van der Waals surface area (Å²) < 4.78 is 6.02. The van der Waals surface area contributed by atoms with E-state index in [1.165, 1.54) is 23.1 Å². The van der Waals surface area contributed by atoms with Crippen LogP contribution in [0.2, 0.25) is 0 Å². The fraction of sp³-hybridized carbons (Fsp3) is 0.208. The molecule has 3 rings (SSSR count). The van der Waals surface area contributed by atoms with Crippen molar-refractivity contribution in [3.63, 3.8) is 0 Å². The van der Waals surface area contributed by atoms with Crippen molar-refractivity contribution < 1.29 is 14.4 Å². The first-order chi connectivity index (χ1) is 13.6. The Bertz CT molecular complexity index is 894. The Morgan fingerprint density at radius 1 is 0.893 bits per heavy atom. The Labute approximate surface area is 166 Å². The molecule has 0 amide bonds. The Hall–Kier alpha value is -3.11. The summed E-state index contributed by atoms with van der Waals surface area (Å²) in [6.07, 6.45) is 0.788. The van der Waals surface area contributed by atoms with Crippen LogP contribution in [0.5, 0.6) is 5.75 Å². The lowest BCUT2D eigenvalue weighted by molar-refractivity contribution is -0.182. The number of hydrogen-bond acceptors (Lipinski definition) is 4. The van der Waals surface area contributed by atoms with Crippen molar-refractivity contribution >= 4 is 5.97 Å². The minimum atomic E-state index is -0.334. The molecular formula is C24H25NO3. The summed E-state index contributed by atoms with van der Waals surface area (Å²) in [6.45, 7) is 2.30. The van der Waals surface area contributed by atoms with Crippen molar-refractivity contribution in [2.75, 3.05) is 20.2 Å². The number of benzene rings is 3. The summed E-state index contributed by atoms with van der Waals surface area (Å²) in [6, 6.07) is 27.0. The van der Waals surface area contributed by atoms with Gasteiger partial charge in [-0.25, -0.2) is 0 Å². The molecular weight excluding hydrogens is 350 g/mol. The average molecular weight is 375 g/mol. The van der Waals surface area contributed by atoms with E-state index in [1.807, 2.05) is 42.5 Å². The molecule has 0 bridgehead atoms. The van der Waals surface area contributed by atoms with Gasteiger partial charge in [-0.1, -0.05) is 66.7 Å². The van der Waals surface area contributed by atoms with Gasteiger partial charge in [-0.15, -0.1) is 5.06 Å². The zero-order valence-corrected chi connectivity index (χ0v) is 16.3. The molecule has 3 aromatic rings. The van der Waals surface area contributed by atoms with Gasteiger partial charge < -0.3 is 9.57 Å². The molecule has 0 spiro atoms. The van der Waals surface area contributed by atoms with Crippen LogP contribution in [-0.4, -0.2) is 31.2 Å². The standard InChI is InChI=1S/C24H25NO3/c1-19(26)28-25(2)15-16-27-24-14-13-22(21-11-7-4-8-12-21)18-23(24)17-20-9-5-3-6-10-20/h3-14,18H,15-17H2,1-2H3. The highest BCUT2D eigenvalue weighted by Crippen LogP contribution is 2.28. The second kappa shape index (κ2) is 9.72. The third kappa shape index (κ3) is 5.69. The van der Waals surface area contributed by atoms with Gasteiger partial charge in [-0.05, 0) is 34.4 Å². The molecule has 0 heterocycles. The van der Waals surface area contributed by atoms with Crippen molar-refractivity contribution in [3.8, 4) is 16.9 Å². The summed E-state index contributed by atoms with van der Waals surface area (Å²) >= 11 is 0. The van der Waals surface area contributed by atoms with Gasteiger partial charge in [0.1, 0.15) is 12.4 Å². The van der Waals surface area contributed by atoms with Crippen LogP contribution < -0.4 is 4.74 Å². The maximum absolute atomic E-state index is 11.0. The molecule has 3 aromatic carbocycles. The van der Waals surface area contributed by atoms with E-state index in [0.29, 0.717) is 13.2 Å². The van der Waals surface area contributed by atoms with Crippen LogP contribution in [0.1, 0.15) is 18.1 Å². The summed E-state index contributed by atoms with van der Waals surface area (Å²) in [7, 11) is 1.72. The Kier molecular flexibility index (Phi) is 6.82. The van der Waals surface area contributed by atoms with Gasteiger partial charge in [0.25, 0.3) is 0 Å². The fourth-order valence-electron chi connectivity index (χ4n) is 3.03. The van der Waals surface area contributed by atoms with E-state index in [2.05, 4.69) is 36.4 Å². The quantitative estimate of drug-likeness (QED) is 0.534. The lowest BCUT2D eigenvalue weighted by Crippen LogP contribution is -2.26. The molecule has 0 aliphatic rings. The van der Waals surface area contributed by atoms with Crippen LogP contribution in [0.4, 0.5) is 0 Å². The highest BCUT2D eigenvalue weighted by Gasteiger charge is 2.09. The Morgan fingerprint density at radius 2 is 1.57 bits per heavy atom. The number of nitrogens with zero attached hydrogens (tertiary/aromatic N) is 1. The second-order valence-electron chi connectivity index (χ2n) is 6.63. The van der Waals surface area contributed by atoms with Crippen molar-refractivity contribution in [2.45, 2.75) is 13.3 Å². The average Bonchev–Trinajstić information content (AvgIpc) is 2.70. The number of hydroxylamine groups is 2. The fourth-order valence-corrected chi connectivity index (χ4v) is 3.03. The summed E-state index contributed by atoms with van der Waals surface area (Å²) in [5.74, 6) is 0.513. The van der Waals surface area contributed by atoms with Gasteiger partial charge in [-0.3, -0.25) is 4.79 Å². The SMILES string of the molecule is CC(=O)ON(C)CCOc1ccc(-c2ccccc2)cc1Cc1ccccc1. The lowest BCUT2D eigenvalue weighted by Gasteiger charge is -2.17. The van der Waals surface area contributed by atoms with Crippen LogP contribution in [0.25, 0.3) is 11.1 Å². The predicted molar refractivity (Wildman–Crippen MR) is 111 cm³/mol. The van der Waals surface area contributed by atoms with E-state index in [0.717, 1.165) is 23.3 Å². The van der Waals surface area contributed by atoms with Crippen molar-refractivity contribution in [2.24, 2.45) is 0 Å². The van der Waals surface area contributed by atoms with Crippen LogP contribution in [0, 0.1) is 0 Å². The van der Waals surface area contributed by atoms with Crippen LogP contribution in [-0.2, 0) is 16.1 Å². The largest absolute Gasteiger partial charge is 0.492 e. The van der Waals surface area contributed by atoms with Gasteiger partial charge in [-0.2, -0.15) is 0 Å². The van der Waals surface area contributed by atoms with E-state index >= 15 is 0 Å². The predicted octanol–water partition coefficient (Wildman–Crippen LogP) is 4.73. The van der Waals surface area contributed by atoms with E-state index in [1.54, 1.807) is 7.05 Å².